The van der Waals surface area contributed by atoms with E-state index in [9.17, 15) is 14.7 Å². The Bertz CT molecular complexity index is 1450. The van der Waals surface area contributed by atoms with Gasteiger partial charge >= 0.3 is 12.1 Å². The number of hydrogen-bond acceptors (Lipinski definition) is 9. The van der Waals surface area contributed by atoms with Crippen LogP contribution >= 0.6 is 11.5 Å². The first-order chi connectivity index (χ1) is 16.4. The summed E-state index contributed by atoms with van der Waals surface area (Å²) in [6.07, 6.45) is 0.307. The van der Waals surface area contributed by atoms with E-state index in [1.54, 1.807) is 6.92 Å². The molecule has 172 valence electrons. The van der Waals surface area contributed by atoms with Gasteiger partial charge in [-0.3, -0.25) is 10.1 Å². The molecule has 0 unspecified atom stereocenters. The lowest BCUT2D eigenvalue weighted by Crippen LogP contribution is -2.19. The van der Waals surface area contributed by atoms with E-state index in [0.717, 1.165) is 16.0 Å². The summed E-state index contributed by atoms with van der Waals surface area (Å²) in [5, 5.41) is 12.1. The van der Waals surface area contributed by atoms with Crippen LogP contribution in [-0.2, 0) is 21.6 Å². The number of fused-ring (bicyclic) bond motifs is 1. The molecule has 3 aromatic heterocycles. The number of aromatic nitrogens is 3. The van der Waals surface area contributed by atoms with Crippen LogP contribution in [0.15, 0.2) is 33.1 Å². The van der Waals surface area contributed by atoms with Crippen LogP contribution in [0, 0.1) is 25.7 Å². The summed E-state index contributed by atoms with van der Waals surface area (Å²) in [5.41, 5.74) is 1.81. The van der Waals surface area contributed by atoms with Crippen LogP contribution < -0.4 is 5.32 Å². The molecule has 0 spiro atoms. The van der Waals surface area contributed by atoms with E-state index in [1.807, 2.05) is 31.2 Å². The summed E-state index contributed by atoms with van der Waals surface area (Å²) < 4.78 is 20.6. The zero-order valence-corrected chi connectivity index (χ0v) is 19.0. The lowest BCUT2D eigenvalue weighted by molar-refractivity contribution is -0.140. The molecule has 34 heavy (non-hydrogen) atoms. The van der Waals surface area contributed by atoms with Gasteiger partial charge in [-0.05, 0) is 55.3 Å². The number of rotatable bonds is 5. The number of aryl methyl sites for hydroxylation is 2. The Balaban J connectivity index is 1.29. The van der Waals surface area contributed by atoms with Crippen molar-refractivity contribution in [3.05, 3.63) is 57.7 Å². The quantitative estimate of drug-likeness (QED) is 0.405. The normalized spacial score (nSPS) is 13.8. The van der Waals surface area contributed by atoms with E-state index in [0.29, 0.717) is 24.2 Å². The topological polar surface area (TPSA) is 141 Å². The number of nitrogens with one attached hydrogen (secondary N) is 1. The molecule has 10 nitrogen and oxygen atoms in total. The summed E-state index contributed by atoms with van der Waals surface area (Å²) in [4.78, 5) is 32.8. The van der Waals surface area contributed by atoms with Crippen molar-refractivity contribution in [2.75, 3.05) is 5.32 Å². The highest BCUT2D eigenvalue weighted by Gasteiger charge is 2.56. The fourth-order valence-corrected chi connectivity index (χ4v) is 3.92. The summed E-state index contributed by atoms with van der Waals surface area (Å²) in [6.45, 7) is 3.90. The van der Waals surface area contributed by atoms with Crippen molar-refractivity contribution in [1.82, 2.24) is 14.3 Å². The number of nitrogens with zero attached hydrogens (tertiary/aromatic N) is 3. The molecule has 2 N–H and O–H groups in total. The van der Waals surface area contributed by atoms with Crippen LogP contribution in [0.1, 0.15) is 46.3 Å². The van der Waals surface area contributed by atoms with Crippen LogP contribution in [0.25, 0.3) is 11.4 Å². The molecular weight excluding hydrogens is 460 g/mol. The number of amides is 1. The summed E-state index contributed by atoms with van der Waals surface area (Å²) in [7, 11) is 0. The van der Waals surface area contributed by atoms with Crippen molar-refractivity contribution in [1.29, 1.82) is 0 Å². The van der Waals surface area contributed by atoms with Crippen molar-refractivity contribution in [2.45, 2.75) is 38.7 Å². The van der Waals surface area contributed by atoms with E-state index in [4.69, 9.17) is 13.6 Å². The predicted molar refractivity (Wildman–Crippen MR) is 120 cm³/mol. The summed E-state index contributed by atoms with van der Waals surface area (Å²) in [6, 6.07) is 7.65. The van der Waals surface area contributed by atoms with Gasteiger partial charge in [0.15, 0.2) is 5.69 Å². The maximum absolute atomic E-state index is 12.3. The second-order valence-corrected chi connectivity index (χ2v) is 8.85. The Morgan fingerprint density at radius 2 is 1.94 bits per heavy atom. The van der Waals surface area contributed by atoms with Crippen molar-refractivity contribution in [3.63, 3.8) is 0 Å². The highest BCUT2D eigenvalue weighted by molar-refractivity contribution is 7.06. The van der Waals surface area contributed by atoms with Crippen LogP contribution in [0.3, 0.4) is 0 Å². The van der Waals surface area contributed by atoms with E-state index >= 15 is 0 Å². The van der Waals surface area contributed by atoms with Gasteiger partial charge in [0.1, 0.15) is 12.0 Å². The third-order valence-electron chi connectivity index (χ3n) is 5.54. The van der Waals surface area contributed by atoms with Crippen LogP contribution in [0.4, 0.5) is 10.5 Å². The third-order valence-corrected chi connectivity index (χ3v) is 6.29. The SMILES string of the molecule is Cc1ccccc1COC(=O)Nc1c(C#Cc2nc3oc(C4(C(=O)O)CC4)nc3o2)nsc1C. The molecule has 1 saturated carbocycles. The Hall–Kier alpha value is -4.17. The molecule has 1 aliphatic rings. The number of ether oxygens (including phenoxy) is 1. The third kappa shape index (κ3) is 3.99. The molecule has 0 aliphatic heterocycles. The molecule has 0 radical (unpaired) electrons. The number of aliphatic carboxylic acids is 1. The number of hydrogen-bond donors (Lipinski definition) is 2. The van der Waals surface area contributed by atoms with Crippen molar-refractivity contribution in [3.8, 4) is 11.8 Å². The van der Waals surface area contributed by atoms with Crippen LogP contribution in [-0.4, -0.2) is 31.5 Å². The molecule has 3 heterocycles. The van der Waals surface area contributed by atoms with Gasteiger partial charge in [0.05, 0.1) is 5.69 Å². The fraction of sp³-hybridized carbons (Fsp3) is 0.261. The number of carboxylic acids is 1. The second-order valence-electron chi connectivity index (χ2n) is 7.88. The zero-order chi connectivity index (χ0) is 23.9. The summed E-state index contributed by atoms with van der Waals surface area (Å²) >= 11 is 1.19. The minimum absolute atomic E-state index is 0.0340. The Morgan fingerprint density at radius 3 is 2.65 bits per heavy atom. The highest BCUT2D eigenvalue weighted by atomic mass is 32.1. The van der Waals surface area contributed by atoms with Crippen molar-refractivity contribution >= 4 is 40.7 Å². The van der Waals surface area contributed by atoms with E-state index < -0.39 is 17.5 Å². The van der Waals surface area contributed by atoms with Gasteiger partial charge in [-0.1, -0.05) is 24.3 Å². The van der Waals surface area contributed by atoms with Gasteiger partial charge in [0, 0.05) is 10.8 Å². The maximum atomic E-state index is 12.3. The molecule has 0 saturated heterocycles. The molecule has 0 atom stereocenters. The van der Waals surface area contributed by atoms with Gasteiger partial charge < -0.3 is 18.7 Å². The lowest BCUT2D eigenvalue weighted by Gasteiger charge is -2.08. The average Bonchev–Trinajstić information content (AvgIpc) is 3.25. The van der Waals surface area contributed by atoms with Gasteiger partial charge in [-0.15, -0.1) is 0 Å². The fourth-order valence-electron chi connectivity index (χ4n) is 3.32. The molecule has 4 aromatic rings. The summed E-state index contributed by atoms with van der Waals surface area (Å²) in [5.74, 6) is 4.70. The lowest BCUT2D eigenvalue weighted by atomic mass is 10.1. The Morgan fingerprint density at radius 1 is 1.18 bits per heavy atom. The number of carboxylic acid groups (broad SMARTS) is 1. The van der Waals surface area contributed by atoms with E-state index in [2.05, 4.69) is 31.5 Å². The number of anilines is 1. The molecule has 1 aliphatic carbocycles. The van der Waals surface area contributed by atoms with E-state index in [-0.39, 0.29) is 29.8 Å². The van der Waals surface area contributed by atoms with Crippen LogP contribution in [0.2, 0.25) is 0 Å². The Labute approximate surface area is 197 Å². The molecule has 1 fully saturated rings. The average molecular weight is 478 g/mol. The monoisotopic (exact) mass is 478 g/mol. The van der Waals surface area contributed by atoms with Crippen molar-refractivity contribution < 1.29 is 28.3 Å². The molecule has 1 aromatic carbocycles. The van der Waals surface area contributed by atoms with Gasteiger partial charge in [-0.25, -0.2) is 4.79 Å². The van der Waals surface area contributed by atoms with Crippen molar-refractivity contribution in [2.24, 2.45) is 0 Å². The standard InChI is InChI=1S/C23H18N4O6S/c1-12-5-3-4-6-14(12)11-31-22(30)25-17-13(2)34-27-15(17)7-8-16-24-18-19(32-16)26-20(33-18)23(9-10-23)21(28)29/h3-6H,9-11H2,1-2H3,(H,25,30)(H,28,29). The highest BCUT2D eigenvalue weighted by Crippen LogP contribution is 2.48. The first-order valence-corrected chi connectivity index (χ1v) is 11.1. The molecule has 0 bridgehead atoms. The largest absolute Gasteiger partial charge is 0.480 e. The first-order valence-electron chi connectivity index (χ1n) is 10.3. The molecular formula is C23H18N4O6S. The number of oxazole rings is 2. The maximum Gasteiger partial charge on any atom is 0.412 e. The number of carbonyl (C=O) groups excluding carboxylic acids is 1. The molecule has 1 amide bonds. The minimum Gasteiger partial charge on any atom is -0.480 e. The van der Waals surface area contributed by atoms with Gasteiger partial charge in [0.2, 0.25) is 5.89 Å². The smallest absolute Gasteiger partial charge is 0.412 e. The van der Waals surface area contributed by atoms with Gasteiger partial charge in [-0.2, -0.15) is 14.3 Å². The van der Waals surface area contributed by atoms with E-state index in [1.165, 1.54) is 11.5 Å². The number of benzene rings is 1. The number of carbonyl (C=O) groups is 2. The van der Waals surface area contributed by atoms with Gasteiger partial charge in [0.25, 0.3) is 17.3 Å². The minimum atomic E-state index is -1.08. The Kier molecular flexibility index (Phi) is 5.30. The zero-order valence-electron chi connectivity index (χ0n) is 18.2. The van der Waals surface area contributed by atoms with Crippen LogP contribution in [0.5, 0.6) is 0 Å². The second kappa shape index (κ2) is 8.31. The molecule has 5 rings (SSSR count). The predicted octanol–water partition coefficient (Wildman–Crippen LogP) is 4.15. The molecule has 11 heteroatoms. The first kappa shape index (κ1) is 21.7.